The summed E-state index contributed by atoms with van der Waals surface area (Å²) in [5.74, 6) is -1.28. The second-order valence-electron chi connectivity index (χ2n) is 7.16. The number of hydrogen-bond donors (Lipinski definition) is 3. The zero-order valence-electron chi connectivity index (χ0n) is 15.9. The highest BCUT2D eigenvalue weighted by Gasteiger charge is 2.25. The fourth-order valence-electron chi connectivity index (χ4n) is 3.95. The summed E-state index contributed by atoms with van der Waals surface area (Å²) in [5, 5.41) is 12.3. The molecule has 0 spiro atoms. The smallest absolute Gasteiger partial charge is 0.352 e. The van der Waals surface area contributed by atoms with Gasteiger partial charge in [-0.05, 0) is 50.9 Å². The number of aryl methyl sites for hydroxylation is 1. The third-order valence-corrected chi connectivity index (χ3v) is 5.35. The lowest BCUT2D eigenvalue weighted by atomic mass is 10.0. The number of carboxylic acid groups (broad SMARTS) is 1. The zero-order chi connectivity index (χ0) is 19.4. The van der Waals surface area contributed by atoms with Crippen LogP contribution in [0.2, 0.25) is 0 Å². The van der Waals surface area contributed by atoms with E-state index in [0.717, 1.165) is 13.1 Å². The zero-order valence-corrected chi connectivity index (χ0v) is 15.9. The van der Waals surface area contributed by atoms with Gasteiger partial charge in [0.15, 0.2) is 0 Å². The van der Waals surface area contributed by atoms with Crippen molar-refractivity contribution in [3.05, 3.63) is 58.4 Å². The maximum Gasteiger partial charge on any atom is 0.352 e. The molecular formula is C21H27N3O3. The monoisotopic (exact) mass is 369 g/mol. The van der Waals surface area contributed by atoms with E-state index < -0.39 is 5.97 Å². The van der Waals surface area contributed by atoms with Crippen LogP contribution in [0.25, 0.3) is 0 Å². The number of benzene rings is 1. The maximum absolute atomic E-state index is 12.8. The molecule has 144 valence electrons. The van der Waals surface area contributed by atoms with Crippen LogP contribution < -0.4 is 5.32 Å². The van der Waals surface area contributed by atoms with Gasteiger partial charge in [-0.25, -0.2) is 4.79 Å². The van der Waals surface area contributed by atoms with Gasteiger partial charge in [-0.1, -0.05) is 36.8 Å². The molecule has 1 aliphatic rings. The van der Waals surface area contributed by atoms with Gasteiger partial charge in [-0.3, -0.25) is 9.69 Å². The summed E-state index contributed by atoms with van der Waals surface area (Å²) in [5.41, 5.74) is 2.75. The van der Waals surface area contributed by atoms with Gasteiger partial charge in [0.2, 0.25) is 0 Å². The third kappa shape index (κ3) is 4.22. The molecule has 0 radical (unpaired) electrons. The van der Waals surface area contributed by atoms with Crippen LogP contribution in [0.4, 0.5) is 0 Å². The number of carboxylic acids is 1. The van der Waals surface area contributed by atoms with E-state index >= 15 is 0 Å². The largest absolute Gasteiger partial charge is 0.477 e. The average molecular weight is 369 g/mol. The summed E-state index contributed by atoms with van der Waals surface area (Å²) >= 11 is 0. The number of rotatable bonds is 6. The second-order valence-corrected chi connectivity index (χ2v) is 7.16. The number of amides is 1. The van der Waals surface area contributed by atoms with E-state index in [2.05, 4.69) is 27.3 Å². The van der Waals surface area contributed by atoms with Gasteiger partial charge in [0.1, 0.15) is 5.69 Å². The first-order valence-corrected chi connectivity index (χ1v) is 9.48. The van der Waals surface area contributed by atoms with E-state index in [1.54, 1.807) is 13.8 Å². The average Bonchev–Trinajstić information content (AvgIpc) is 2.98. The van der Waals surface area contributed by atoms with Crippen LogP contribution in [0.5, 0.6) is 0 Å². The van der Waals surface area contributed by atoms with E-state index in [1.165, 1.54) is 24.8 Å². The Bertz CT molecular complexity index is 808. The molecule has 2 heterocycles. The Labute approximate surface area is 159 Å². The number of piperidine rings is 1. The van der Waals surface area contributed by atoms with Gasteiger partial charge in [-0.15, -0.1) is 0 Å². The SMILES string of the molecule is Cc1[nH]c(C(=O)O)c(C)c1C(=O)NCC(c1ccccc1)N1CCCCC1. The predicted octanol–water partition coefficient (Wildman–Crippen LogP) is 3.29. The molecular weight excluding hydrogens is 342 g/mol. The molecule has 1 fully saturated rings. The topological polar surface area (TPSA) is 85.4 Å². The molecule has 0 aliphatic carbocycles. The number of aromatic nitrogens is 1. The van der Waals surface area contributed by atoms with Gasteiger partial charge >= 0.3 is 5.97 Å². The van der Waals surface area contributed by atoms with Crippen LogP contribution in [-0.2, 0) is 0 Å². The number of aromatic amines is 1. The predicted molar refractivity (Wildman–Crippen MR) is 104 cm³/mol. The minimum atomic E-state index is -1.05. The van der Waals surface area contributed by atoms with Crippen LogP contribution in [0, 0.1) is 13.8 Å². The van der Waals surface area contributed by atoms with E-state index in [4.69, 9.17) is 0 Å². The van der Waals surface area contributed by atoms with Crippen LogP contribution in [-0.4, -0.2) is 46.5 Å². The van der Waals surface area contributed by atoms with Crippen molar-refractivity contribution in [2.45, 2.75) is 39.2 Å². The molecule has 1 aromatic heterocycles. The first kappa shape index (κ1) is 19.2. The van der Waals surface area contributed by atoms with Gasteiger partial charge in [-0.2, -0.15) is 0 Å². The molecule has 6 nitrogen and oxygen atoms in total. The van der Waals surface area contributed by atoms with Crippen molar-refractivity contribution in [3.63, 3.8) is 0 Å². The van der Waals surface area contributed by atoms with E-state index in [0.29, 0.717) is 23.4 Å². The number of H-pyrrole nitrogens is 1. The molecule has 0 saturated carbocycles. The molecule has 6 heteroatoms. The van der Waals surface area contributed by atoms with Crippen molar-refractivity contribution in [1.29, 1.82) is 0 Å². The quantitative estimate of drug-likeness (QED) is 0.729. The third-order valence-electron chi connectivity index (χ3n) is 5.35. The summed E-state index contributed by atoms with van der Waals surface area (Å²) in [7, 11) is 0. The number of hydrogen-bond acceptors (Lipinski definition) is 3. The van der Waals surface area contributed by atoms with Crippen molar-refractivity contribution < 1.29 is 14.7 Å². The minimum Gasteiger partial charge on any atom is -0.477 e. The summed E-state index contributed by atoms with van der Waals surface area (Å²) in [4.78, 5) is 29.3. The first-order valence-electron chi connectivity index (χ1n) is 9.48. The molecule has 3 rings (SSSR count). The lowest BCUT2D eigenvalue weighted by Crippen LogP contribution is -2.40. The van der Waals surface area contributed by atoms with E-state index in [1.807, 2.05) is 18.2 Å². The van der Waals surface area contributed by atoms with Crippen molar-refractivity contribution in [1.82, 2.24) is 15.2 Å². The molecule has 3 N–H and O–H groups in total. The van der Waals surface area contributed by atoms with Crippen LogP contribution in [0.3, 0.4) is 0 Å². The highest BCUT2D eigenvalue weighted by Crippen LogP contribution is 2.24. The van der Waals surface area contributed by atoms with Crippen LogP contribution in [0.1, 0.15) is 63.0 Å². The molecule has 1 atom stereocenters. The molecule has 27 heavy (non-hydrogen) atoms. The van der Waals surface area contributed by atoms with Crippen molar-refractivity contribution >= 4 is 11.9 Å². The number of nitrogens with zero attached hydrogens (tertiary/aromatic N) is 1. The summed E-state index contributed by atoms with van der Waals surface area (Å²) < 4.78 is 0. The number of carbonyl (C=O) groups excluding carboxylic acids is 1. The molecule has 2 aromatic rings. The Morgan fingerprint density at radius 2 is 1.81 bits per heavy atom. The van der Waals surface area contributed by atoms with Crippen molar-refractivity contribution in [3.8, 4) is 0 Å². The fraction of sp³-hybridized carbons (Fsp3) is 0.429. The lowest BCUT2D eigenvalue weighted by Gasteiger charge is -2.35. The van der Waals surface area contributed by atoms with Gasteiger partial charge < -0.3 is 15.4 Å². The maximum atomic E-state index is 12.8. The second kappa shape index (κ2) is 8.39. The number of likely N-dealkylation sites (tertiary alicyclic amines) is 1. The molecule has 1 amide bonds. The molecule has 1 unspecified atom stereocenters. The Morgan fingerprint density at radius 3 is 2.41 bits per heavy atom. The summed E-state index contributed by atoms with van der Waals surface area (Å²) in [6.07, 6.45) is 3.61. The van der Waals surface area contributed by atoms with E-state index in [9.17, 15) is 14.7 Å². The van der Waals surface area contributed by atoms with Crippen LogP contribution >= 0.6 is 0 Å². The number of aromatic carboxylic acids is 1. The number of carbonyl (C=O) groups is 2. The van der Waals surface area contributed by atoms with Gasteiger partial charge in [0, 0.05) is 12.2 Å². The molecule has 1 saturated heterocycles. The van der Waals surface area contributed by atoms with Crippen molar-refractivity contribution in [2.24, 2.45) is 0 Å². The molecule has 1 aromatic carbocycles. The highest BCUT2D eigenvalue weighted by atomic mass is 16.4. The minimum absolute atomic E-state index is 0.0771. The normalized spacial score (nSPS) is 16.1. The van der Waals surface area contributed by atoms with Gasteiger partial charge in [0.25, 0.3) is 5.91 Å². The Morgan fingerprint density at radius 1 is 1.15 bits per heavy atom. The standard InChI is InChI=1S/C21H27N3O3/c1-14-18(15(2)23-19(14)21(26)27)20(25)22-13-17(16-9-5-3-6-10-16)24-11-7-4-8-12-24/h3,5-6,9-10,17,23H,4,7-8,11-13H2,1-2H3,(H,22,25)(H,26,27). The van der Waals surface area contributed by atoms with E-state index in [-0.39, 0.29) is 17.6 Å². The fourth-order valence-corrected chi connectivity index (χ4v) is 3.95. The van der Waals surface area contributed by atoms with Gasteiger partial charge in [0.05, 0.1) is 11.6 Å². The molecule has 0 bridgehead atoms. The summed E-state index contributed by atoms with van der Waals surface area (Å²) in [6, 6.07) is 10.4. The van der Waals surface area contributed by atoms with Crippen molar-refractivity contribution in [2.75, 3.05) is 19.6 Å². The summed E-state index contributed by atoms with van der Waals surface area (Å²) in [6.45, 7) is 5.95. The Balaban J connectivity index is 1.77. The van der Waals surface area contributed by atoms with Crippen LogP contribution in [0.15, 0.2) is 30.3 Å². The lowest BCUT2D eigenvalue weighted by molar-refractivity contribution is 0.0690. The Kier molecular flexibility index (Phi) is 5.96. The first-order chi connectivity index (χ1) is 13.0. The Hall–Kier alpha value is -2.60. The highest BCUT2D eigenvalue weighted by molar-refractivity contribution is 6.00. The molecule has 1 aliphatic heterocycles. The number of nitrogens with one attached hydrogen (secondary N) is 2.